The number of hydrogen-bond donors (Lipinski definition) is 1. The van der Waals surface area contributed by atoms with E-state index in [1.54, 1.807) is 12.1 Å². The number of benzene rings is 1. The van der Waals surface area contributed by atoms with Gasteiger partial charge in [0.15, 0.2) is 0 Å². The van der Waals surface area contributed by atoms with Gasteiger partial charge in [0, 0.05) is 6.07 Å². The maximum atomic E-state index is 9.95. The van der Waals surface area contributed by atoms with Crippen molar-refractivity contribution in [1.29, 1.82) is 0 Å². The summed E-state index contributed by atoms with van der Waals surface area (Å²) in [6.07, 6.45) is 0. The standard InChI is InChI=1S/C13H9BrN2O3S/c1-18-7-2-3-8(9(17)6-7)13-15-12(16-19-13)10-4-5-11(14)20-10/h2-6,17H,1H3. The van der Waals surface area contributed by atoms with E-state index in [0.717, 1.165) is 8.66 Å². The Morgan fingerprint density at radius 2 is 2.15 bits per heavy atom. The van der Waals surface area contributed by atoms with Gasteiger partial charge in [-0.2, -0.15) is 4.98 Å². The number of nitrogens with zero attached hydrogens (tertiary/aromatic N) is 2. The maximum absolute atomic E-state index is 9.95. The number of aromatic nitrogens is 2. The Hall–Kier alpha value is -1.86. The van der Waals surface area contributed by atoms with Crippen LogP contribution in [0.3, 0.4) is 0 Å². The number of halogens is 1. The van der Waals surface area contributed by atoms with Crippen LogP contribution >= 0.6 is 27.3 Å². The lowest BCUT2D eigenvalue weighted by Crippen LogP contribution is -1.84. The molecule has 20 heavy (non-hydrogen) atoms. The molecule has 0 unspecified atom stereocenters. The zero-order valence-corrected chi connectivity index (χ0v) is 12.7. The number of hydrogen-bond acceptors (Lipinski definition) is 6. The molecule has 2 heterocycles. The van der Waals surface area contributed by atoms with E-state index in [0.29, 0.717) is 17.1 Å². The molecular weight excluding hydrogens is 344 g/mol. The van der Waals surface area contributed by atoms with Gasteiger partial charge in [0.05, 0.1) is 21.3 Å². The molecule has 5 nitrogen and oxygen atoms in total. The van der Waals surface area contributed by atoms with Gasteiger partial charge >= 0.3 is 0 Å². The minimum atomic E-state index is 0.0342. The second-order valence-corrected chi connectivity index (χ2v) is 6.37. The molecule has 0 fully saturated rings. The Kier molecular flexibility index (Phi) is 3.45. The third-order valence-corrected chi connectivity index (χ3v) is 4.27. The number of thiophene rings is 1. The number of methoxy groups -OCH3 is 1. The molecule has 2 aromatic heterocycles. The van der Waals surface area contributed by atoms with Crippen molar-refractivity contribution >= 4 is 27.3 Å². The molecule has 1 aromatic carbocycles. The van der Waals surface area contributed by atoms with E-state index in [1.807, 2.05) is 12.1 Å². The van der Waals surface area contributed by atoms with Crippen LogP contribution in [0.2, 0.25) is 0 Å². The number of phenolic OH excluding ortho intramolecular Hbond substituents is 1. The molecule has 0 bridgehead atoms. The zero-order chi connectivity index (χ0) is 14.1. The summed E-state index contributed by atoms with van der Waals surface area (Å²) in [7, 11) is 1.54. The van der Waals surface area contributed by atoms with Crippen LogP contribution in [0, 0.1) is 0 Å². The number of aromatic hydroxyl groups is 1. The molecule has 0 spiro atoms. The molecule has 7 heteroatoms. The van der Waals surface area contributed by atoms with Crippen molar-refractivity contribution < 1.29 is 14.4 Å². The van der Waals surface area contributed by atoms with Crippen LogP contribution in [0.25, 0.3) is 22.2 Å². The largest absolute Gasteiger partial charge is 0.507 e. The van der Waals surface area contributed by atoms with Crippen molar-refractivity contribution in [3.8, 4) is 33.7 Å². The highest BCUT2D eigenvalue weighted by Gasteiger charge is 2.15. The van der Waals surface area contributed by atoms with Crippen LogP contribution < -0.4 is 4.74 Å². The average Bonchev–Trinajstić information content (AvgIpc) is 3.07. The Morgan fingerprint density at radius 1 is 1.30 bits per heavy atom. The van der Waals surface area contributed by atoms with Gasteiger partial charge in [-0.3, -0.25) is 0 Å². The van der Waals surface area contributed by atoms with E-state index in [1.165, 1.54) is 24.5 Å². The summed E-state index contributed by atoms with van der Waals surface area (Å²) in [6, 6.07) is 8.72. The predicted octanol–water partition coefficient (Wildman–Crippen LogP) is 3.94. The summed E-state index contributed by atoms with van der Waals surface area (Å²) in [5.74, 6) is 1.36. The summed E-state index contributed by atoms with van der Waals surface area (Å²) in [5.41, 5.74) is 0.472. The van der Waals surface area contributed by atoms with E-state index in [-0.39, 0.29) is 11.6 Å². The van der Waals surface area contributed by atoms with Crippen LogP contribution in [-0.4, -0.2) is 22.4 Å². The highest BCUT2D eigenvalue weighted by Crippen LogP contribution is 2.34. The molecule has 3 rings (SSSR count). The smallest absolute Gasteiger partial charge is 0.262 e. The van der Waals surface area contributed by atoms with Crippen molar-refractivity contribution in [2.24, 2.45) is 0 Å². The van der Waals surface area contributed by atoms with E-state index in [2.05, 4.69) is 26.1 Å². The molecule has 1 N–H and O–H groups in total. The molecule has 0 atom stereocenters. The first-order chi connectivity index (χ1) is 9.67. The molecule has 0 saturated carbocycles. The molecule has 0 aliphatic carbocycles. The van der Waals surface area contributed by atoms with Gasteiger partial charge in [0.2, 0.25) is 5.82 Å². The number of phenols is 1. The normalized spacial score (nSPS) is 10.7. The van der Waals surface area contributed by atoms with Gasteiger partial charge in [-0.15, -0.1) is 11.3 Å². The summed E-state index contributed by atoms with van der Waals surface area (Å²) in [5, 5.41) is 13.9. The average molecular weight is 353 g/mol. The van der Waals surface area contributed by atoms with Crippen LogP contribution in [0.4, 0.5) is 0 Å². The van der Waals surface area contributed by atoms with Gasteiger partial charge < -0.3 is 14.4 Å². The van der Waals surface area contributed by atoms with Gasteiger partial charge in [-0.05, 0) is 40.2 Å². The van der Waals surface area contributed by atoms with Crippen molar-refractivity contribution in [2.75, 3.05) is 7.11 Å². The van der Waals surface area contributed by atoms with Crippen LogP contribution in [0.15, 0.2) is 38.6 Å². The van der Waals surface area contributed by atoms with Crippen molar-refractivity contribution in [1.82, 2.24) is 10.1 Å². The van der Waals surface area contributed by atoms with E-state index in [9.17, 15) is 5.11 Å². The molecule has 102 valence electrons. The number of rotatable bonds is 3. The maximum Gasteiger partial charge on any atom is 0.262 e. The molecule has 3 aromatic rings. The first kappa shape index (κ1) is 13.1. The first-order valence-electron chi connectivity index (χ1n) is 5.64. The predicted molar refractivity (Wildman–Crippen MR) is 79.0 cm³/mol. The second kappa shape index (κ2) is 5.26. The molecular formula is C13H9BrN2O3S. The molecule has 0 aliphatic heterocycles. The summed E-state index contributed by atoms with van der Waals surface area (Å²) in [4.78, 5) is 5.18. The van der Waals surface area contributed by atoms with Gasteiger partial charge in [-0.25, -0.2) is 0 Å². The van der Waals surface area contributed by atoms with Crippen molar-refractivity contribution in [3.63, 3.8) is 0 Å². The minimum Gasteiger partial charge on any atom is -0.507 e. The highest BCUT2D eigenvalue weighted by atomic mass is 79.9. The highest BCUT2D eigenvalue weighted by molar-refractivity contribution is 9.11. The SMILES string of the molecule is COc1ccc(-c2nc(-c3ccc(Br)s3)no2)c(O)c1. The van der Waals surface area contributed by atoms with Crippen LogP contribution in [0.1, 0.15) is 0 Å². The van der Waals surface area contributed by atoms with Crippen LogP contribution in [0.5, 0.6) is 11.5 Å². The molecule has 0 saturated heterocycles. The fourth-order valence-electron chi connectivity index (χ4n) is 1.69. The molecule has 0 aliphatic rings. The van der Waals surface area contributed by atoms with Gasteiger partial charge in [0.25, 0.3) is 5.89 Å². The third kappa shape index (κ3) is 2.41. The van der Waals surface area contributed by atoms with Crippen molar-refractivity contribution in [3.05, 3.63) is 34.1 Å². The van der Waals surface area contributed by atoms with Crippen LogP contribution in [-0.2, 0) is 0 Å². The van der Waals surface area contributed by atoms with E-state index < -0.39 is 0 Å². The third-order valence-electron chi connectivity index (χ3n) is 2.65. The second-order valence-electron chi connectivity index (χ2n) is 3.91. The fraction of sp³-hybridized carbons (Fsp3) is 0.0769. The minimum absolute atomic E-state index is 0.0342. The lowest BCUT2D eigenvalue weighted by Gasteiger charge is -2.02. The summed E-state index contributed by atoms with van der Waals surface area (Å²) >= 11 is 4.90. The van der Waals surface area contributed by atoms with Gasteiger partial charge in [0.1, 0.15) is 11.5 Å². The van der Waals surface area contributed by atoms with E-state index >= 15 is 0 Å². The topological polar surface area (TPSA) is 68.4 Å². The Morgan fingerprint density at radius 3 is 2.80 bits per heavy atom. The zero-order valence-electron chi connectivity index (χ0n) is 10.3. The Balaban J connectivity index is 1.98. The lowest BCUT2D eigenvalue weighted by atomic mass is 10.2. The lowest BCUT2D eigenvalue weighted by molar-refractivity contribution is 0.405. The summed E-state index contributed by atoms with van der Waals surface area (Å²) < 4.78 is 11.2. The Bertz CT molecular complexity index is 754. The molecule has 0 radical (unpaired) electrons. The van der Waals surface area contributed by atoms with Crippen molar-refractivity contribution in [2.45, 2.75) is 0 Å². The van der Waals surface area contributed by atoms with E-state index in [4.69, 9.17) is 9.26 Å². The first-order valence-corrected chi connectivity index (χ1v) is 7.25. The quantitative estimate of drug-likeness (QED) is 0.772. The fourth-order valence-corrected chi connectivity index (χ4v) is 3.00. The van der Waals surface area contributed by atoms with Gasteiger partial charge in [-0.1, -0.05) is 5.16 Å². The Labute approximate surface area is 127 Å². The number of ether oxygens (including phenoxy) is 1. The summed E-state index contributed by atoms with van der Waals surface area (Å²) in [6.45, 7) is 0. The molecule has 0 amide bonds. The monoisotopic (exact) mass is 352 g/mol.